The number of aryl methyl sites for hydroxylation is 1. The Kier molecular flexibility index (Phi) is 5.40. The Labute approximate surface area is 190 Å². The second-order valence-corrected chi connectivity index (χ2v) is 10.1. The number of rotatable bonds is 6. The summed E-state index contributed by atoms with van der Waals surface area (Å²) >= 11 is 1.31. The van der Waals surface area contributed by atoms with Crippen LogP contribution in [-0.4, -0.2) is 42.6 Å². The van der Waals surface area contributed by atoms with Gasteiger partial charge in [-0.05, 0) is 50.9 Å². The van der Waals surface area contributed by atoms with Gasteiger partial charge in [-0.2, -0.15) is 5.10 Å². The predicted molar refractivity (Wildman–Crippen MR) is 120 cm³/mol. The summed E-state index contributed by atoms with van der Waals surface area (Å²) in [5.41, 5.74) is 0.861. The molecular formula is C22H27N7O2S. The number of fused-ring (bicyclic) bond motifs is 3. The predicted octanol–water partition coefficient (Wildman–Crippen LogP) is 2.87. The molecule has 9 nitrogen and oxygen atoms in total. The number of nitrogens with zero attached hydrogens (tertiary/aromatic N) is 5. The fraction of sp³-hybridized carbons (Fsp3) is 0.545. The van der Waals surface area contributed by atoms with E-state index in [0.717, 1.165) is 11.8 Å². The van der Waals surface area contributed by atoms with Crippen LogP contribution < -0.4 is 10.6 Å². The Morgan fingerprint density at radius 3 is 2.69 bits per heavy atom. The van der Waals surface area contributed by atoms with Crippen molar-refractivity contribution in [2.24, 2.45) is 24.8 Å². The van der Waals surface area contributed by atoms with Crippen LogP contribution in [0.15, 0.2) is 18.7 Å². The first kappa shape index (κ1) is 21.0. The van der Waals surface area contributed by atoms with Crippen LogP contribution in [0.3, 0.4) is 0 Å². The molecule has 5 atom stereocenters. The Hall–Kier alpha value is -2.88. The molecule has 5 rings (SSSR count). The van der Waals surface area contributed by atoms with Crippen LogP contribution in [-0.2, 0) is 7.05 Å². The molecular weight excluding hydrogens is 426 g/mol. The van der Waals surface area contributed by atoms with E-state index in [1.54, 1.807) is 24.1 Å². The van der Waals surface area contributed by atoms with Gasteiger partial charge in [0.25, 0.3) is 11.8 Å². The lowest BCUT2D eigenvalue weighted by molar-refractivity contribution is 0.0916. The minimum absolute atomic E-state index is 0.0876. The van der Waals surface area contributed by atoms with E-state index >= 15 is 0 Å². The number of thiazole rings is 1. The summed E-state index contributed by atoms with van der Waals surface area (Å²) in [7, 11) is 1.76. The van der Waals surface area contributed by atoms with E-state index < -0.39 is 0 Å². The smallest absolute Gasteiger partial charge is 0.271 e. The first-order chi connectivity index (χ1) is 15.4. The number of carbonyl (C=O) groups is 2. The topological polar surface area (TPSA) is 115 Å². The van der Waals surface area contributed by atoms with Crippen LogP contribution in [0.5, 0.6) is 0 Å². The molecule has 0 aliphatic heterocycles. The summed E-state index contributed by atoms with van der Waals surface area (Å²) < 4.78 is 1.60. The maximum absolute atomic E-state index is 12.8. The van der Waals surface area contributed by atoms with Crippen molar-refractivity contribution in [3.8, 4) is 0 Å². The minimum atomic E-state index is -0.362. The third-order valence-corrected chi connectivity index (χ3v) is 8.18. The van der Waals surface area contributed by atoms with Gasteiger partial charge in [0.1, 0.15) is 21.9 Å². The molecule has 2 amide bonds. The molecule has 2 bridgehead atoms. The zero-order valence-corrected chi connectivity index (χ0v) is 19.2. The number of carbonyl (C=O) groups excluding carboxylic acids is 2. The van der Waals surface area contributed by atoms with Gasteiger partial charge in [-0.1, -0.05) is 6.42 Å². The molecule has 2 aliphatic carbocycles. The Balaban J connectivity index is 1.23. The summed E-state index contributed by atoms with van der Waals surface area (Å²) in [4.78, 5) is 38.8. The van der Waals surface area contributed by atoms with Crippen molar-refractivity contribution in [1.29, 1.82) is 0 Å². The number of hydrogen-bond donors (Lipinski definition) is 2. The Morgan fingerprint density at radius 2 is 1.94 bits per heavy atom. The molecule has 3 aromatic heterocycles. The van der Waals surface area contributed by atoms with Crippen LogP contribution >= 0.6 is 11.3 Å². The van der Waals surface area contributed by atoms with Crippen LogP contribution in [0.1, 0.15) is 70.7 Å². The molecule has 10 heteroatoms. The number of hydrogen-bond acceptors (Lipinski definition) is 7. The lowest BCUT2D eigenvalue weighted by Crippen LogP contribution is -2.39. The molecule has 0 aromatic carbocycles. The molecule has 0 spiro atoms. The fourth-order valence-electron chi connectivity index (χ4n) is 5.35. The highest BCUT2D eigenvalue weighted by molar-refractivity contribution is 7.13. The van der Waals surface area contributed by atoms with Gasteiger partial charge < -0.3 is 10.6 Å². The molecule has 168 valence electrons. The minimum Gasteiger partial charge on any atom is -0.349 e. The van der Waals surface area contributed by atoms with Crippen molar-refractivity contribution >= 4 is 34.2 Å². The SMILES string of the molecule is CC(NC(=O)c1ncnc2c1cnn2C)c1ncc(C(=O)NC(C)C2CC3CCC2C3)s1. The molecule has 2 N–H and O–H groups in total. The number of amides is 2. The van der Waals surface area contributed by atoms with Gasteiger partial charge in [-0.3, -0.25) is 14.3 Å². The van der Waals surface area contributed by atoms with E-state index in [1.807, 2.05) is 6.92 Å². The van der Waals surface area contributed by atoms with Gasteiger partial charge in [-0.25, -0.2) is 15.0 Å². The second kappa shape index (κ2) is 8.23. The van der Waals surface area contributed by atoms with E-state index in [2.05, 4.69) is 37.6 Å². The van der Waals surface area contributed by atoms with Gasteiger partial charge in [0.2, 0.25) is 0 Å². The average Bonchev–Trinajstić information content (AvgIpc) is 3.57. The van der Waals surface area contributed by atoms with Crippen molar-refractivity contribution in [2.45, 2.75) is 51.6 Å². The maximum atomic E-state index is 12.8. The quantitative estimate of drug-likeness (QED) is 0.593. The van der Waals surface area contributed by atoms with Crippen molar-refractivity contribution in [2.75, 3.05) is 0 Å². The van der Waals surface area contributed by atoms with Gasteiger partial charge in [0.05, 0.1) is 23.8 Å². The summed E-state index contributed by atoms with van der Waals surface area (Å²) in [5.74, 6) is 1.78. The molecule has 0 saturated heterocycles. The first-order valence-corrected chi connectivity index (χ1v) is 11.9. The molecule has 2 aliphatic rings. The number of nitrogens with one attached hydrogen (secondary N) is 2. The van der Waals surface area contributed by atoms with E-state index in [4.69, 9.17) is 0 Å². The van der Waals surface area contributed by atoms with Crippen molar-refractivity contribution in [1.82, 2.24) is 35.4 Å². The molecule has 0 radical (unpaired) electrons. The molecule has 32 heavy (non-hydrogen) atoms. The zero-order valence-electron chi connectivity index (χ0n) is 18.4. The van der Waals surface area contributed by atoms with Crippen LogP contribution in [0.25, 0.3) is 11.0 Å². The standard InChI is InChI=1S/C22H27N7O2S/c1-11(15-7-13-4-5-14(15)6-13)27-20(30)17-9-23-22(32-17)12(2)28-21(31)18-16-8-26-29(3)19(16)25-10-24-18/h8-15H,4-7H2,1-3H3,(H,27,30)(H,28,31). The second-order valence-electron chi connectivity index (χ2n) is 9.09. The largest absolute Gasteiger partial charge is 0.349 e. The zero-order chi connectivity index (χ0) is 22.4. The van der Waals surface area contributed by atoms with Crippen LogP contribution in [0.4, 0.5) is 0 Å². The van der Waals surface area contributed by atoms with E-state index in [1.165, 1.54) is 43.3 Å². The van der Waals surface area contributed by atoms with Crippen molar-refractivity contribution < 1.29 is 9.59 Å². The van der Waals surface area contributed by atoms with Gasteiger partial charge in [-0.15, -0.1) is 11.3 Å². The summed E-state index contributed by atoms with van der Waals surface area (Å²) in [6, 6.07) is -0.196. The van der Waals surface area contributed by atoms with Gasteiger partial charge in [0, 0.05) is 13.1 Å². The first-order valence-electron chi connectivity index (χ1n) is 11.1. The highest BCUT2D eigenvalue weighted by Gasteiger charge is 2.42. The lowest BCUT2D eigenvalue weighted by atomic mass is 9.84. The average molecular weight is 454 g/mol. The fourth-order valence-corrected chi connectivity index (χ4v) is 6.18. The van der Waals surface area contributed by atoms with E-state index in [0.29, 0.717) is 26.8 Å². The Bertz CT molecular complexity index is 1170. The van der Waals surface area contributed by atoms with Crippen LogP contribution in [0.2, 0.25) is 0 Å². The van der Waals surface area contributed by atoms with E-state index in [-0.39, 0.29) is 29.6 Å². The summed E-state index contributed by atoms with van der Waals surface area (Å²) in [6.45, 7) is 3.97. The third-order valence-electron chi connectivity index (χ3n) is 7.00. The highest BCUT2D eigenvalue weighted by Crippen LogP contribution is 2.49. The van der Waals surface area contributed by atoms with Crippen LogP contribution in [0, 0.1) is 17.8 Å². The monoisotopic (exact) mass is 453 g/mol. The van der Waals surface area contributed by atoms with Gasteiger partial charge >= 0.3 is 0 Å². The molecule has 3 heterocycles. The Morgan fingerprint density at radius 1 is 1.09 bits per heavy atom. The lowest BCUT2D eigenvalue weighted by Gasteiger charge is -2.28. The number of aromatic nitrogens is 5. The normalized spacial score (nSPS) is 23.9. The summed E-state index contributed by atoms with van der Waals surface area (Å²) in [6.07, 6.45) is 9.74. The van der Waals surface area contributed by atoms with E-state index in [9.17, 15) is 9.59 Å². The molecule has 5 unspecified atom stereocenters. The molecule has 2 saturated carbocycles. The highest BCUT2D eigenvalue weighted by atomic mass is 32.1. The van der Waals surface area contributed by atoms with Gasteiger partial charge in [0.15, 0.2) is 5.65 Å². The maximum Gasteiger partial charge on any atom is 0.271 e. The van der Waals surface area contributed by atoms with Crippen molar-refractivity contribution in [3.05, 3.63) is 34.3 Å². The summed E-state index contributed by atoms with van der Waals surface area (Å²) in [5, 5.41) is 11.5. The van der Waals surface area contributed by atoms with Crippen molar-refractivity contribution in [3.63, 3.8) is 0 Å². The molecule has 3 aromatic rings. The third kappa shape index (κ3) is 3.76. The molecule has 2 fully saturated rings.